The van der Waals surface area contributed by atoms with Gasteiger partial charge in [0.1, 0.15) is 17.7 Å². The van der Waals surface area contributed by atoms with Crippen LogP contribution in [0.5, 0.6) is 0 Å². The van der Waals surface area contributed by atoms with Crippen LogP contribution in [-0.4, -0.2) is 94.6 Å². The van der Waals surface area contributed by atoms with E-state index in [1.165, 1.54) is 11.8 Å². The maximum absolute atomic E-state index is 13.8. The van der Waals surface area contributed by atoms with Crippen LogP contribution in [0, 0.1) is 5.92 Å². The number of nitrogens with one attached hydrogen (secondary N) is 3. The quantitative estimate of drug-likeness (QED) is 0.180. The predicted molar refractivity (Wildman–Crippen MR) is 152 cm³/mol. The molecule has 4 atom stereocenters. The van der Waals surface area contributed by atoms with Gasteiger partial charge in [0.15, 0.2) is 6.10 Å². The number of ether oxygens (including phenoxy) is 2. The molecular weight excluding hydrogens is 548 g/mol. The topological polar surface area (TPSA) is 180 Å². The maximum atomic E-state index is 13.8. The number of amides is 4. The van der Waals surface area contributed by atoms with Gasteiger partial charge in [0.25, 0.3) is 5.91 Å². The molecule has 2 rings (SSSR count). The number of aliphatic hydroxyl groups is 1. The number of aliphatic hydroxyl groups excluding tert-OH is 1. The fourth-order valence-corrected chi connectivity index (χ4v) is 5.05. The molecule has 0 aromatic heterocycles. The Bertz CT molecular complexity index is 994. The summed E-state index contributed by atoms with van der Waals surface area (Å²) in [6.45, 7) is 9.79. The second kappa shape index (κ2) is 15.9. The fourth-order valence-electron chi connectivity index (χ4n) is 5.05. The number of carbonyl (C=O) groups excluding carboxylic acids is 6. The molecule has 1 aliphatic carbocycles. The molecule has 1 heterocycles. The second-order valence-corrected chi connectivity index (χ2v) is 12.0. The molecule has 0 radical (unpaired) electrons. The molecule has 1 saturated heterocycles. The summed E-state index contributed by atoms with van der Waals surface area (Å²) in [7, 11) is 0. The minimum atomic E-state index is -1.65. The van der Waals surface area contributed by atoms with Crippen molar-refractivity contribution in [3.8, 4) is 0 Å². The standard InChI is InChI=1S/C29H48N4O9/c1-7-29(5,6)42-28(40)32-22(19-12-9-8-10-13-19)26(38)33-15-11-14-20(33)24(36)31-18(4)23(35)25(37)30-16-21(34)27(39)41-17(2)3/h17-22,34H,7-16H2,1-6H3,(H,30,37)(H,31,36)(H,32,40). The average molecular weight is 597 g/mol. The summed E-state index contributed by atoms with van der Waals surface area (Å²) in [4.78, 5) is 77.8. The zero-order valence-corrected chi connectivity index (χ0v) is 25.7. The first-order chi connectivity index (χ1) is 19.7. The minimum Gasteiger partial charge on any atom is -0.461 e. The van der Waals surface area contributed by atoms with Crippen LogP contribution in [0.2, 0.25) is 0 Å². The Morgan fingerprint density at radius 1 is 0.952 bits per heavy atom. The third kappa shape index (κ3) is 10.2. The first-order valence-corrected chi connectivity index (χ1v) is 15.0. The summed E-state index contributed by atoms with van der Waals surface area (Å²) in [5, 5.41) is 17.3. The van der Waals surface area contributed by atoms with Crippen LogP contribution in [0.3, 0.4) is 0 Å². The molecule has 238 valence electrons. The van der Waals surface area contributed by atoms with Crippen LogP contribution in [0.1, 0.15) is 92.9 Å². The van der Waals surface area contributed by atoms with E-state index in [-0.39, 0.29) is 11.8 Å². The number of carbonyl (C=O) groups is 6. The molecule has 1 saturated carbocycles. The van der Waals surface area contributed by atoms with Gasteiger partial charge in [-0.2, -0.15) is 0 Å². The first-order valence-electron chi connectivity index (χ1n) is 15.0. The van der Waals surface area contributed by atoms with Crippen LogP contribution < -0.4 is 16.0 Å². The Hall–Kier alpha value is -3.22. The molecule has 4 N–H and O–H groups in total. The zero-order valence-electron chi connectivity index (χ0n) is 25.7. The van der Waals surface area contributed by atoms with E-state index in [4.69, 9.17) is 9.47 Å². The van der Waals surface area contributed by atoms with Crippen molar-refractivity contribution in [2.75, 3.05) is 13.1 Å². The van der Waals surface area contributed by atoms with Gasteiger partial charge in [-0.05, 0) is 72.6 Å². The highest BCUT2D eigenvalue weighted by atomic mass is 16.6. The second-order valence-electron chi connectivity index (χ2n) is 12.0. The first kappa shape index (κ1) is 35.0. The van der Waals surface area contributed by atoms with Gasteiger partial charge in [-0.25, -0.2) is 9.59 Å². The van der Waals surface area contributed by atoms with E-state index < -0.39 is 72.1 Å². The van der Waals surface area contributed by atoms with Crippen molar-refractivity contribution in [2.45, 2.75) is 129 Å². The summed E-state index contributed by atoms with van der Waals surface area (Å²) in [6, 6.07) is -2.95. The lowest BCUT2D eigenvalue weighted by Crippen LogP contribution is -2.58. The molecule has 0 spiro atoms. The van der Waals surface area contributed by atoms with Gasteiger partial charge >= 0.3 is 12.1 Å². The summed E-state index contributed by atoms with van der Waals surface area (Å²) in [6.07, 6.45) is 3.18. The number of likely N-dealkylation sites (tertiary alicyclic amines) is 1. The van der Waals surface area contributed by atoms with Crippen molar-refractivity contribution in [1.82, 2.24) is 20.9 Å². The van der Waals surface area contributed by atoms with E-state index >= 15 is 0 Å². The van der Waals surface area contributed by atoms with E-state index in [0.717, 1.165) is 32.1 Å². The van der Waals surface area contributed by atoms with E-state index in [1.807, 2.05) is 6.92 Å². The number of nitrogens with zero attached hydrogens (tertiary/aromatic N) is 1. The highest BCUT2D eigenvalue weighted by Gasteiger charge is 2.42. The zero-order chi connectivity index (χ0) is 31.6. The largest absolute Gasteiger partial charge is 0.461 e. The van der Waals surface area contributed by atoms with Gasteiger partial charge in [-0.1, -0.05) is 26.2 Å². The molecule has 0 aromatic carbocycles. The smallest absolute Gasteiger partial charge is 0.408 e. The SMILES string of the molecule is CCC(C)(C)OC(=O)NC(C(=O)N1CCCC1C(=O)NC(C)C(=O)C(=O)NCC(O)C(=O)OC(C)C)C1CCCCC1. The van der Waals surface area contributed by atoms with Crippen LogP contribution >= 0.6 is 0 Å². The van der Waals surface area contributed by atoms with Crippen molar-refractivity contribution >= 4 is 35.6 Å². The summed E-state index contributed by atoms with van der Waals surface area (Å²) < 4.78 is 10.4. The lowest BCUT2D eigenvalue weighted by Gasteiger charge is -2.35. The molecule has 4 unspecified atom stereocenters. The van der Waals surface area contributed by atoms with Crippen LogP contribution in [0.4, 0.5) is 4.79 Å². The van der Waals surface area contributed by atoms with Crippen LogP contribution in [-0.2, 0) is 33.4 Å². The third-order valence-electron chi connectivity index (χ3n) is 7.78. The predicted octanol–water partition coefficient (Wildman–Crippen LogP) is 1.34. The number of hydrogen-bond acceptors (Lipinski definition) is 9. The number of ketones is 1. The van der Waals surface area contributed by atoms with Crippen molar-refractivity contribution < 1.29 is 43.3 Å². The average Bonchev–Trinajstić information content (AvgIpc) is 3.43. The molecular formula is C29H48N4O9. The monoisotopic (exact) mass is 596 g/mol. The fraction of sp³-hybridized carbons (Fsp3) is 0.793. The molecule has 0 bridgehead atoms. The molecule has 1 aliphatic heterocycles. The summed E-state index contributed by atoms with van der Waals surface area (Å²) in [5.41, 5.74) is -0.704. The van der Waals surface area contributed by atoms with E-state index in [2.05, 4.69) is 16.0 Å². The van der Waals surface area contributed by atoms with Gasteiger partial charge in [0.05, 0.1) is 18.7 Å². The van der Waals surface area contributed by atoms with Gasteiger partial charge in [-0.3, -0.25) is 19.2 Å². The maximum Gasteiger partial charge on any atom is 0.408 e. The van der Waals surface area contributed by atoms with Gasteiger partial charge in [0.2, 0.25) is 17.6 Å². The molecule has 13 nitrogen and oxygen atoms in total. The highest BCUT2D eigenvalue weighted by Crippen LogP contribution is 2.29. The molecule has 4 amide bonds. The normalized spacial score (nSPS) is 19.8. The van der Waals surface area contributed by atoms with Gasteiger partial charge in [0, 0.05) is 6.54 Å². The minimum absolute atomic E-state index is 0.0924. The lowest BCUT2D eigenvalue weighted by atomic mass is 9.83. The van der Waals surface area contributed by atoms with Crippen LogP contribution in [0.25, 0.3) is 0 Å². The van der Waals surface area contributed by atoms with Crippen LogP contribution in [0.15, 0.2) is 0 Å². The van der Waals surface area contributed by atoms with E-state index in [1.54, 1.807) is 27.7 Å². The number of alkyl carbamates (subject to hydrolysis) is 1. The molecule has 2 fully saturated rings. The van der Waals surface area contributed by atoms with Crippen molar-refractivity contribution in [1.29, 1.82) is 0 Å². The Balaban J connectivity index is 2.04. The van der Waals surface area contributed by atoms with E-state index in [9.17, 15) is 33.9 Å². The number of esters is 1. The lowest BCUT2D eigenvalue weighted by molar-refractivity contribution is -0.157. The van der Waals surface area contributed by atoms with Crippen molar-refractivity contribution in [3.63, 3.8) is 0 Å². The molecule has 2 aliphatic rings. The van der Waals surface area contributed by atoms with Crippen molar-refractivity contribution in [2.24, 2.45) is 5.92 Å². The summed E-state index contributed by atoms with van der Waals surface area (Å²) in [5.74, 6) is -4.06. The number of rotatable bonds is 13. The molecule has 13 heteroatoms. The Labute approximate surface area is 247 Å². The van der Waals surface area contributed by atoms with Crippen molar-refractivity contribution in [3.05, 3.63) is 0 Å². The Morgan fingerprint density at radius 3 is 2.19 bits per heavy atom. The Morgan fingerprint density at radius 2 is 1.60 bits per heavy atom. The van der Waals surface area contributed by atoms with E-state index in [0.29, 0.717) is 25.8 Å². The molecule has 0 aromatic rings. The Kier molecular flexibility index (Phi) is 13.2. The third-order valence-corrected chi connectivity index (χ3v) is 7.78. The van der Waals surface area contributed by atoms with Gasteiger partial charge < -0.3 is 35.4 Å². The highest BCUT2D eigenvalue weighted by molar-refractivity contribution is 6.38. The molecule has 42 heavy (non-hydrogen) atoms. The number of Topliss-reactive ketones (excluding diaryl/α,β-unsaturated/α-hetero) is 1. The van der Waals surface area contributed by atoms with Gasteiger partial charge in [-0.15, -0.1) is 0 Å². The summed E-state index contributed by atoms with van der Waals surface area (Å²) >= 11 is 0. The number of hydrogen-bond donors (Lipinski definition) is 4.